The highest BCUT2D eigenvalue weighted by atomic mass is 35.7. The maximum absolute atomic E-state index is 10.7. The second kappa shape index (κ2) is 4.61. The van der Waals surface area contributed by atoms with Gasteiger partial charge in [-0.1, -0.05) is 6.07 Å². The highest BCUT2D eigenvalue weighted by Gasteiger charge is 2.09. The Hall–Kier alpha value is -0.810. The molecule has 1 aromatic heterocycles. The third-order valence-electron chi connectivity index (χ3n) is 1.66. The fourth-order valence-electron chi connectivity index (χ4n) is 1.03. The summed E-state index contributed by atoms with van der Waals surface area (Å²) in [6, 6.07) is 3.48. The second-order valence-corrected chi connectivity index (χ2v) is 5.56. The summed E-state index contributed by atoms with van der Waals surface area (Å²) in [4.78, 5) is 3.94. The van der Waals surface area contributed by atoms with Crippen LogP contribution >= 0.6 is 10.7 Å². The summed E-state index contributed by atoms with van der Waals surface area (Å²) in [6.45, 7) is 0. The molecule has 0 amide bonds. The molecule has 1 aromatic rings. The Morgan fingerprint density at radius 1 is 1.57 bits per heavy atom. The van der Waals surface area contributed by atoms with Crippen molar-refractivity contribution in [3.05, 3.63) is 23.9 Å². The van der Waals surface area contributed by atoms with Crippen LogP contribution < -0.4 is 4.74 Å². The van der Waals surface area contributed by atoms with E-state index in [9.17, 15) is 8.42 Å². The molecule has 0 N–H and O–H groups in total. The topological polar surface area (TPSA) is 56.3 Å². The standard InChI is InChI=1S/C8H10ClNO3S/c1-13-8-7(3-2-5-10-8)4-6-14(9,11)12/h2-3,5H,4,6H2,1H3. The zero-order valence-electron chi connectivity index (χ0n) is 7.60. The van der Waals surface area contributed by atoms with Crippen molar-refractivity contribution in [1.82, 2.24) is 4.98 Å². The van der Waals surface area contributed by atoms with E-state index in [4.69, 9.17) is 15.4 Å². The molecule has 4 nitrogen and oxygen atoms in total. The van der Waals surface area contributed by atoms with E-state index in [0.717, 1.165) is 5.56 Å². The van der Waals surface area contributed by atoms with Crippen molar-refractivity contribution in [3.8, 4) is 5.88 Å². The summed E-state index contributed by atoms with van der Waals surface area (Å²) < 4.78 is 26.4. The van der Waals surface area contributed by atoms with Gasteiger partial charge in [-0.25, -0.2) is 13.4 Å². The van der Waals surface area contributed by atoms with E-state index in [-0.39, 0.29) is 5.75 Å². The van der Waals surface area contributed by atoms with Crippen molar-refractivity contribution in [2.75, 3.05) is 12.9 Å². The molecule has 0 unspecified atom stereocenters. The van der Waals surface area contributed by atoms with Crippen molar-refractivity contribution >= 4 is 19.7 Å². The Labute approximate surface area is 87.3 Å². The van der Waals surface area contributed by atoms with Gasteiger partial charge < -0.3 is 4.74 Å². The molecule has 1 heterocycles. The van der Waals surface area contributed by atoms with E-state index < -0.39 is 9.05 Å². The largest absolute Gasteiger partial charge is 0.481 e. The van der Waals surface area contributed by atoms with Gasteiger partial charge in [0.25, 0.3) is 0 Å². The van der Waals surface area contributed by atoms with Crippen LogP contribution in [0.1, 0.15) is 5.56 Å². The van der Waals surface area contributed by atoms with Gasteiger partial charge in [-0.2, -0.15) is 0 Å². The fourth-order valence-corrected chi connectivity index (χ4v) is 1.73. The molecule has 0 spiro atoms. The van der Waals surface area contributed by atoms with E-state index in [1.165, 1.54) is 7.11 Å². The third-order valence-corrected chi connectivity index (χ3v) is 2.81. The number of pyridine rings is 1. The minimum absolute atomic E-state index is 0.114. The minimum atomic E-state index is -3.46. The summed E-state index contributed by atoms with van der Waals surface area (Å²) in [5.74, 6) is 0.323. The first-order chi connectivity index (χ1) is 6.53. The van der Waals surface area contributed by atoms with Crippen molar-refractivity contribution in [2.45, 2.75) is 6.42 Å². The molecule has 0 fully saturated rings. The molecule has 6 heteroatoms. The van der Waals surface area contributed by atoms with Gasteiger partial charge in [-0.05, 0) is 12.5 Å². The average Bonchev–Trinajstić information content (AvgIpc) is 2.14. The molecule has 0 radical (unpaired) electrons. The Morgan fingerprint density at radius 2 is 2.29 bits per heavy atom. The zero-order chi connectivity index (χ0) is 10.6. The smallest absolute Gasteiger partial charge is 0.232 e. The molecule has 0 aliphatic rings. The van der Waals surface area contributed by atoms with Crippen LogP contribution in [0.2, 0.25) is 0 Å². The number of aryl methyl sites for hydroxylation is 1. The maximum Gasteiger partial charge on any atom is 0.232 e. The van der Waals surface area contributed by atoms with E-state index in [1.54, 1.807) is 18.3 Å². The monoisotopic (exact) mass is 235 g/mol. The lowest BCUT2D eigenvalue weighted by molar-refractivity contribution is 0.393. The molecule has 0 saturated carbocycles. The van der Waals surface area contributed by atoms with Gasteiger partial charge in [-0.3, -0.25) is 0 Å². The molecule has 0 bridgehead atoms. The molecule has 0 saturated heterocycles. The van der Waals surface area contributed by atoms with Crippen LogP contribution in [0.25, 0.3) is 0 Å². The summed E-state index contributed by atoms with van der Waals surface area (Å²) in [7, 11) is 3.12. The first-order valence-corrected chi connectivity index (χ1v) is 6.41. The quantitative estimate of drug-likeness (QED) is 0.736. The van der Waals surface area contributed by atoms with Crippen LogP contribution in [-0.2, 0) is 15.5 Å². The number of nitrogens with zero attached hydrogens (tertiary/aromatic N) is 1. The number of ether oxygens (including phenoxy) is 1. The van der Waals surface area contributed by atoms with Crippen molar-refractivity contribution < 1.29 is 13.2 Å². The summed E-state index contributed by atoms with van der Waals surface area (Å²) in [6.07, 6.45) is 1.89. The lowest BCUT2D eigenvalue weighted by Gasteiger charge is -2.04. The summed E-state index contributed by atoms with van der Waals surface area (Å²) in [5, 5.41) is 0. The molecule has 0 aliphatic carbocycles. The molecule has 78 valence electrons. The van der Waals surface area contributed by atoms with Crippen LogP contribution in [0.4, 0.5) is 0 Å². The summed E-state index contributed by atoms with van der Waals surface area (Å²) in [5.41, 5.74) is 0.735. The minimum Gasteiger partial charge on any atom is -0.481 e. The first-order valence-electron chi connectivity index (χ1n) is 3.93. The molecule has 0 aliphatic heterocycles. The van der Waals surface area contributed by atoms with Gasteiger partial charge in [0.05, 0.1) is 12.9 Å². The molecule has 1 rings (SSSR count). The number of rotatable bonds is 4. The van der Waals surface area contributed by atoms with Gasteiger partial charge in [0.2, 0.25) is 14.9 Å². The van der Waals surface area contributed by atoms with Crippen LogP contribution in [0, 0.1) is 0 Å². The average molecular weight is 236 g/mol. The molecular weight excluding hydrogens is 226 g/mol. The number of halogens is 1. The Kier molecular flexibility index (Phi) is 3.71. The number of hydrogen-bond acceptors (Lipinski definition) is 4. The Balaban J connectivity index is 2.76. The van der Waals surface area contributed by atoms with E-state index in [0.29, 0.717) is 12.3 Å². The summed E-state index contributed by atoms with van der Waals surface area (Å²) >= 11 is 0. The van der Waals surface area contributed by atoms with Crippen LogP contribution in [-0.4, -0.2) is 26.3 Å². The SMILES string of the molecule is COc1ncccc1CCS(=O)(=O)Cl. The highest BCUT2D eigenvalue weighted by molar-refractivity contribution is 8.13. The Bertz CT molecular complexity index is 405. The van der Waals surface area contributed by atoms with Crippen LogP contribution in [0.5, 0.6) is 5.88 Å². The first kappa shape index (κ1) is 11.3. The molecule has 0 atom stereocenters. The predicted molar refractivity (Wildman–Crippen MR) is 54.1 cm³/mol. The normalized spacial score (nSPS) is 11.3. The van der Waals surface area contributed by atoms with Crippen LogP contribution in [0.3, 0.4) is 0 Å². The van der Waals surface area contributed by atoms with E-state index in [1.807, 2.05) is 0 Å². The maximum atomic E-state index is 10.7. The second-order valence-electron chi connectivity index (χ2n) is 2.66. The van der Waals surface area contributed by atoms with Crippen molar-refractivity contribution in [1.29, 1.82) is 0 Å². The Morgan fingerprint density at radius 3 is 2.86 bits per heavy atom. The number of aromatic nitrogens is 1. The highest BCUT2D eigenvalue weighted by Crippen LogP contribution is 2.15. The molecule has 0 aromatic carbocycles. The van der Waals surface area contributed by atoms with Gasteiger partial charge in [0, 0.05) is 22.4 Å². The lowest BCUT2D eigenvalue weighted by atomic mass is 10.2. The fraction of sp³-hybridized carbons (Fsp3) is 0.375. The lowest BCUT2D eigenvalue weighted by Crippen LogP contribution is -2.03. The third kappa shape index (κ3) is 3.51. The van der Waals surface area contributed by atoms with Crippen molar-refractivity contribution in [3.63, 3.8) is 0 Å². The van der Waals surface area contributed by atoms with E-state index in [2.05, 4.69) is 4.98 Å². The molecular formula is C8H10ClNO3S. The van der Waals surface area contributed by atoms with Gasteiger partial charge in [0.15, 0.2) is 0 Å². The van der Waals surface area contributed by atoms with Crippen LogP contribution in [0.15, 0.2) is 18.3 Å². The predicted octanol–water partition coefficient (Wildman–Crippen LogP) is 1.20. The molecule has 14 heavy (non-hydrogen) atoms. The van der Waals surface area contributed by atoms with Gasteiger partial charge in [0.1, 0.15) is 0 Å². The van der Waals surface area contributed by atoms with Gasteiger partial charge >= 0.3 is 0 Å². The number of hydrogen-bond donors (Lipinski definition) is 0. The zero-order valence-corrected chi connectivity index (χ0v) is 9.18. The van der Waals surface area contributed by atoms with E-state index >= 15 is 0 Å². The number of methoxy groups -OCH3 is 1. The van der Waals surface area contributed by atoms with Gasteiger partial charge in [-0.15, -0.1) is 0 Å². The van der Waals surface area contributed by atoms with Crippen molar-refractivity contribution in [2.24, 2.45) is 0 Å².